The van der Waals surface area contributed by atoms with Crippen LogP contribution >= 0.6 is 0 Å². The van der Waals surface area contributed by atoms with Crippen LogP contribution in [0.2, 0.25) is 0 Å². The fraction of sp³-hybridized carbons (Fsp3) is 0.200. The molecule has 2 heterocycles. The third-order valence-electron chi connectivity index (χ3n) is 1.92. The third kappa shape index (κ3) is 1.65. The first kappa shape index (κ1) is 8.90. The molecule has 0 atom stereocenters. The smallest absolute Gasteiger partial charge is 0.162 e. The minimum atomic E-state index is -0.133. The summed E-state index contributed by atoms with van der Waals surface area (Å²) in [6.07, 6.45) is 1.73. The number of aryl methyl sites for hydroxylation is 1. The van der Waals surface area contributed by atoms with Gasteiger partial charge in [-0.2, -0.15) is 0 Å². The zero-order valence-corrected chi connectivity index (χ0v) is 7.77. The van der Waals surface area contributed by atoms with Crippen molar-refractivity contribution in [3.8, 4) is 11.3 Å². The van der Waals surface area contributed by atoms with E-state index < -0.39 is 0 Å². The van der Waals surface area contributed by atoms with Crippen molar-refractivity contribution in [2.45, 2.75) is 13.5 Å². The van der Waals surface area contributed by atoms with E-state index in [1.165, 1.54) is 0 Å². The van der Waals surface area contributed by atoms with Gasteiger partial charge < -0.3 is 9.63 Å². The molecule has 0 fully saturated rings. The van der Waals surface area contributed by atoms with Gasteiger partial charge in [0.25, 0.3) is 0 Å². The number of aliphatic hydroxyl groups excluding tert-OH is 1. The van der Waals surface area contributed by atoms with Crippen LogP contribution in [0.3, 0.4) is 0 Å². The Labute approximate surface area is 81.2 Å². The molecule has 2 aromatic heterocycles. The Balaban J connectivity index is 2.34. The van der Waals surface area contributed by atoms with Crippen LogP contribution in [-0.4, -0.2) is 15.2 Å². The molecule has 0 bridgehead atoms. The van der Waals surface area contributed by atoms with Crippen molar-refractivity contribution in [3.05, 3.63) is 35.9 Å². The molecule has 0 aromatic carbocycles. The first-order valence-corrected chi connectivity index (χ1v) is 4.29. The van der Waals surface area contributed by atoms with E-state index in [4.69, 9.17) is 9.63 Å². The maximum absolute atomic E-state index is 8.79. The lowest BCUT2D eigenvalue weighted by molar-refractivity contribution is 0.229. The molecule has 0 unspecified atom stereocenters. The molecule has 2 rings (SSSR count). The summed E-state index contributed by atoms with van der Waals surface area (Å²) in [5.74, 6) is 0.459. The van der Waals surface area contributed by atoms with Crippen molar-refractivity contribution in [3.63, 3.8) is 0 Å². The second-order valence-electron chi connectivity index (χ2n) is 3.02. The molecule has 4 nitrogen and oxygen atoms in total. The highest BCUT2D eigenvalue weighted by Gasteiger charge is 2.05. The van der Waals surface area contributed by atoms with Crippen molar-refractivity contribution >= 4 is 0 Å². The molecule has 14 heavy (non-hydrogen) atoms. The topological polar surface area (TPSA) is 59.2 Å². The molecule has 0 amide bonds. The van der Waals surface area contributed by atoms with Crippen molar-refractivity contribution in [2.24, 2.45) is 0 Å². The fourth-order valence-electron chi connectivity index (χ4n) is 1.14. The average molecular weight is 190 g/mol. The quantitative estimate of drug-likeness (QED) is 0.780. The van der Waals surface area contributed by atoms with Crippen LogP contribution in [0.15, 0.2) is 28.9 Å². The summed E-state index contributed by atoms with van der Waals surface area (Å²) >= 11 is 0. The minimum Gasteiger partial charge on any atom is -0.388 e. The van der Waals surface area contributed by atoms with Crippen LogP contribution in [0, 0.1) is 6.92 Å². The Morgan fingerprint density at radius 2 is 2.29 bits per heavy atom. The van der Waals surface area contributed by atoms with Gasteiger partial charge in [-0.3, -0.25) is 4.98 Å². The van der Waals surface area contributed by atoms with E-state index in [0.717, 1.165) is 11.3 Å². The molecule has 0 aliphatic carbocycles. The number of hydrogen-bond donors (Lipinski definition) is 1. The molecule has 0 radical (unpaired) electrons. The van der Waals surface area contributed by atoms with Crippen LogP contribution in [0.5, 0.6) is 0 Å². The van der Waals surface area contributed by atoms with Gasteiger partial charge in [0.2, 0.25) is 0 Å². The van der Waals surface area contributed by atoms with Crippen LogP contribution in [0.1, 0.15) is 11.5 Å². The lowest BCUT2D eigenvalue weighted by Gasteiger charge is -1.94. The summed E-state index contributed by atoms with van der Waals surface area (Å²) in [5, 5.41) is 12.6. The molecule has 0 aliphatic rings. The lowest BCUT2D eigenvalue weighted by atomic mass is 10.2. The molecule has 4 heteroatoms. The maximum atomic E-state index is 8.79. The van der Waals surface area contributed by atoms with Gasteiger partial charge in [-0.25, -0.2) is 0 Å². The number of aromatic nitrogens is 2. The van der Waals surface area contributed by atoms with Crippen LogP contribution < -0.4 is 0 Å². The SMILES string of the molecule is Cc1ccc(-c2cc(CO)on2)cn1. The molecule has 0 aliphatic heterocycles. The minimum absolute atomic E-state index is 0.133. The van der Waals surface area contributed by atoms with Gasteiger partial charge in [-0.05, 0) is 19.1 Å². The van der Waals surface area contributed by atoms with Gasteiger partial charge in [-0.1, -0.05) is 5.16 Å². The van der Waals surface area contributed by atoms with Crippen molar-refractivity contribution in [2.75, 3.05) is 0 Å². The largest absolute Gasteiger partial charge is 0.388 e. The van der Waals surface area contributed by atoms with Crippen molar-refractivity contribution < 1.29 is 9.63 Å². The maximum Gasteiger partial charge on any atom is 0.162 e. The molecular formula is C10H10N2O2. The Bertz CT molecular complexity index is 420. The van der Waals surface area contributed by atoms with E-state index >= 15 is 0 Å². The lowest BCUT2D eigenvalue weighted by Crippen LogP contribution is -1.82. The number of aliphatic hydroxyl groups is 1. The number of hydrogen-bond acceptors (Lipinski definition) is 4. The molecule has 72 valence electrons. The highest BCUT2D eigenvalue weighted by Crippen LogP contribution is 2.17. The molecule has 0 saturated carbocycles. The Hall–Kier alpha value is -1.68. The van der Waals surface area contributed by atoms with E-state index in [2.05, 4.69) is 10.1 Å². The monoisotopic (exact) mass is 190 g/mol. The summed E-state index contributed by atoms with van der Waals surface area (Å²) in [6.45, 7) is 1.79. The summed E-state index contributed by atoms with van der Waals surface area (Å²) in [7, 11) is 0. The highest BCUT2D eigenvalue weighted by molar-refractivity contribution is 5.57. The number of pyridine rings is 1. The predicted octanol–water partition coefficient (Wildman–Crippen LogP) is 1.54. The number of rotatable bonds is 2. The molecular weight excluding hydrogens is 180 g/mol. The molecule has 0 saturated heterocycles. The van der Waals surface area contributed by atoms with Crippen LogP contribution in [-0.2, 0) is 6.61 Å². The summed E-state index contributed by atoms with van der Waals surface area (Å²) < 4.78 is 4.87. The molecule has 0 spiro atoms. The standard InChI is InChI=1S/C10H10N2O2/c1-7-2-3-8(5-11-7)10-4-9(6-13)14-12-10/h2-5,13H,6H2,1H3. The average Bonchev–Trinajstić information content (AvgIpc) is 2.67. The Morgan fingerprint density at radius 3 is 2.86 bits per heavy atom. The van der Waals surface area contributed by atoms with Gasteiger partial charge in [0, 0.05) is 23.5 Å². The fourth-order valence-corrected chi connectivity index (χ4v) is 1.14. The first-order chi connectivity index (χ1) is 6.79. The van der Waals surface area contributed by atoms with Gasteiger partial charge in [0.15, 0.2) is 5.76 Å². The van der Waals surface area contributed by atoms with Gasteiger partial charge in [0.1, 0.15) is 12.3 Å². The molecule has 2 aromatic rings. The van der Waals surface area contributed by atoms with Crippen molar-refractivity contribution in [1.82, 2.24) is 10.1 Å². The predicted molar refractivity (Wildman–Crippen MR) is 50.4 cm³/mol. The van der Waals surface area contributed by atoms with E-state index in [1.807, 2.05) is 19.1 Å². The highest BCUT2D eigenvalue weighted by atomic mass is 16.5. The second-order valence-corrected chi connectivity index (χ2v) is 3.02. The van der Waals surface area contributed by atoms with Crippen LogP contribution in [0.25, 0.3) is 11.3 Å². The van der Waals surface area contributed by atoms with E-state index in [0.29, 0.717) is 11.5 Å². The second kappa shape index (κ2) is 3.59. The van der Waals surface area contributed by atoms with E-state index in [9.17, 15) is 0 Å². The van der Waals surface area contributed by atoms with Gasteiger partial charge in [0.05, 0.1) is 0 Å². The first-order valence-electron chi connectivity index (χ1n) is 4.29. The van der Waals surface area contributed by atoms with Crippen molar-refractivity contribution in [1.29, 1.82) is 0 Å². The van der Waals surface area contributed by atoms with E-state index in [1.54, 1.807) is 12.3 Å². The summed E-state index contributed by atoms with van der Waals surface area (Å²) in [5.41, 5.74) is 2.54. The Kier molecular flexibility index (Phi) is 2.28. The zero-order valence-electron chi connectivity index (χ0n) is 7.77. The Morgan fingerprint density at radius 1 is 1.43 bits per heavy atom. The van der Waals surface area contributed by atoms with Gasteiger partial charge in [-0.15, -0.1) is 0 Å². The van der Waals surface area contributed by atoms with Crippen LogP contribution in [0.4, 0.5) is 0 Å². The summed E-state index contributed by atoms with van der Waals surface area (Å²) in [4.78, 5) is 4.15. The number of nitrogens with zero attached hydrogens (tertiary/aromatic N) is 2. The third-order valence-corrected chi connectivity index (χ3v) is 1.92. The van der Waals surface area contributed by atoms with E-state index in [-0.39, 0.29) is 6.61 Å². The van der Waals surface area contributed by atoms with Gasteiger partial charge >= 0.3 is 0 Å². The normalized spacial score (nSPS) is 10.4. The molecule has 1 N–H and O–H groups in total. The zero-order chi connectivity index (χ0) is 9.97. The summed E-state index contributed by atoms with van der Waals surface area (Å²) in [6, 6.07) is 5.52.